The van der Waals surface area contributed by atoms with Crippen molar-refractivity contribution in [2.24, 2.45) is 4.99 Å². The van der Waals surface area contributed by atoms with Crippen molar-refractivity contribution in [1.82, 2.24) is 15.2 Å². The fraction of sp³-hybridized carbons (Fsp3) is 0.200. The van der Waals surface area contributed by atoms with Gasteiger partial charge in [0.15, 0.2) is 5.88 Å². The zero-order valence-electron chi connectivity index (χ0n) is 22.8. The lowest BCUT2D eigenvalue weighted by atomic mass is 10.00. The molecule has 0 saturated carbocycles. The van der Waals surface area contributed by atoms with Gasteiger partial charge in [-0.25, -0.2) is 14.6 Å². The summed E-state index contributed by atoms with van der Waals surface area (Å²) in [4.78, 5) is 43.4. The van der Waals surface area contributed by atoms with Gasteiger partial charge in [0.2, 0.25) is 0 Å². The number of piperazine rings is 1. The molecule has 1 aromatic heterocycles. The van der Waals surface area contributed by atoms with E-state index in [0.29, 0.717) is 52.1 Å². The molecule has 0 spiro atoms. The number of methoxy groups -OCH3 is 1. The highest BCUT2D eigenvalue weighted by Crippen LogP contribution is 2.32. The van der Waals surface area contributed by atoms with Gasteiger partial charge in [-0.3, -0.25) is 4.79 Å². The topological polar surface area (TPSA) is 144 Å². The van der Waals surface area contributed by atoms with Gasteiger partial charge < -0.3 is 30.2 Å². The number of carboxylic acid groups (broad SMARTS) is 1. The summed E-state index contributed by atoms with van der Waals surface area (Å²) in [5, 5.41) is 22.0. The van der Waals surface area contributed by atoms with Crippen LogP contribution in [0.15, 0.2) is 77.8 Å². The Morgan fingerprint density at radius 1 is 0.907 bits per heavy atom. The summed E-state index contributed by atoms with van der Waals surface area (Å²) in [6.45, 7) is 2.97. The normalized spacial score (nSPS) is 13.7. The molecule has 1 saturated heterocycles. The molecule has 224 valence electrons. The first kappa shape index (κ1) is 30.8. The monoisotopic (exact) mass is 596 g/mol. The number of alkyl halides is 3. The van der Waals surface area contributed by atoms with Crippen LogP contribution in [-0.4, -0.2) is 83.1 Å². The quantitative estimate of drug-likeness (QED) is 0.196. The number of nitrogens with zero attached hydrogens (tertiary/aromatic N) is 2. The Labute approximate surface area is 243 Å². The number of fused-ring (bicyclic) bond motifs is 1. The second-order valence-electron chi connectivity index (χ2n) is 9.32. The van der Waals surface area contributed by atoms with Crippen LogP contribution in [-0.2, 0) is 9.53 Å². The Bertz CT molecular complexity index is 1640. The highest BCUT2D eigenvalue weighted by Gasteiger charge is 2.38. The van der Waals surface area contributed by atoms with Gasteiger partial charge >= 0.3 is 18.1 Å². The number of hydrogen-bond donors (Lipinski definition) is 4. The van der Waals surface area contributed by atoms with Gasteiger partial charge in [-0.05, 0) is 36.4 Å². The summed E-state index contributed by atoms with van der Waals surface area (Å²) in [6.07, 6.45) is -5.08. The van der Waals surface area contributed by atoms with Crippen LogP contribution in [0.5, 0.6) is 5.88 Å². The van der Waals surface area contributed by atoms with Crippen LogP contribution < -0.4 is 5.32 Å². The average Bonchev–Trinajstić information content (AvgIpc) is 3.34. The SMILES string of the molecule is COC(=O)c1ccc2c(C(=Nc3ccc(C(=O)N4CCNCC4)cc3)c3ccccc3)c(O)[nH]c2c1.O=C(O)C(F)(F)F. The fourth-order valence-corrected chi connectivity index (χ4v) is 4.39. The smallest absolute Gasteiger partial charge is 0.490 e. The molecule has 0 unspecified atom stereocenters. The average molecular weight is 597 g/mol. The molecule has 1 aliphatic heterocycles. The van der Waals surface area contributed by atoms with E-state index in [2.05, 4.69) is 10.3 Å². The summed E-state index contributed by atoms with van der Waals surface area (Å²) in [7, 11) is 1.33. The first-order chi connectivity index (χ1) is 20.5. The van der Waals surface area contributed by atoms with Crippen molar-refractivity contribution >= 4 is 40.1 Å². The number of ether oxygens (including phenoxy) is 1. The summed E-state index contributed by atoms with van der Waals surface area (Å²) in [5.74, 6) is -3.27. The van der Waals surface area contributed by atoms with Crippen molar-refractivity contribution in [2.45, 2.75) is 6.18 Å². The molecule has 4 N–H and O–H groups in total. The Hall–Kier alpha value is -5.17. The molecule has 0 radical (unpaired) electrons. The van der Waals surface area contributed by atoms with E-state index < -0.39 is 18.1 Å². The molecule has 3 aromatic carbocycles. The highest BCUT2D eigenvalue weighted by atomic mass is 19.4. The van der Waals surface area contributed by atoms with Crippen LogP contribution in [0, 0.1) is 0 Å². The predicted molar refractivity (Wildman–Crippen MR) is 152 cm³/mol. The van der Waals surface area contributed by atoms with Gasteiger partial charge in [-0.1, -0.05) is 36.4 Å². The Morgan fingerprint density at radius 3 is 2.09 bits per heavy atom. The van der Waals surface area contributed by atoms with Crippen molar-refractivity contribution in [3.8, 4) is 5.88 Å². The molecule has 10 nitrogen and oxygen atoms in total. The summed E-state index contributed by atoms with van der Waals surface area (Å²) < 4.78 is 36.6. The van der Waals surface area contributed by atoms with Crippen LogP contribution in [0.3, 0.4) is 0 Å². The van der Waals surface area contributed by atoms with Crippen LogP contribution in [0.1, 0.15) is 31.8 Å². The first-order valence-corrected chi connectivity index (χ1v) is 13.0. The molecule has 4 aromatic rings. The number of H-pyrrole nitrogens is 1. The van der Waals surface area contributed by atoms with Gasteiger partial charge in [0, 0.05) is 48.2 Å². The number of esters is 1. The lowest BCUT2D eigenvalue weighted by Crippen LogP contribution is -2.46. The van der Waals surface area contributed by atoms with E-state index in [4.69, 9.17) is 19.6 Å². The molecule has 1 amide bonds. The van der Waals surface area contributed by atoms with E-state index in [1.165, 1.54) is 7.11 Å². The number of nitrogens with one attached hydrogen (secondary N) is 2. The zero-order chi connectivity index (χ0) is 31.1. The van der Waals surface area contributed by atoms with Crippen molar-refractivity contribution in [2.75, 3.05) is 33.3 Å². The third kappa shape index (κ3) is 7.38. The number of aromatic amines is 1. The molecular formula is C30H27F3N4O6. The first-order valence-electron chi connectivity index (χ1n) is 13.0. The minimum absolute atomic E-state index is 0.00555. The molecule has 0 bridgehead atoms. The second-order valence-corrected chi connectivity index (χ2v) is 9.32. The number of benzene rings is 3. The maximum absolute atomic E-state index is 12.8. The summed E-state index contributed by atoms with van der Waals surface area (Å²) in [5.41, 5.74) is 4.12. The van der Waals surface area contributed by atoms with Crippen LogP contribution in [0.4, 0.5) is 18.9 Å². The number of aliphatic carboxylic acids is 1. The van der Waals surface area contributed by atoms with Gasteiger partial charge in [0.1, 0.15) is 0 Å². The third-order valence-corrected chi connectivity index (χ3v) is 6.49. The molecular weight excluding hydrogens is 569 g/mol. The van der Waals surface area contributed by atoms with E-state index in [1.54, 1.807) is 42.5 Å². The second kappa shape index (κ2) is 13.2. The predicted octanol–water partition coefficient (Wildman–Crippen LogP) is 4.51. The maximum Gasteiger partial charge on any atom is 0.490 e. The maximum atomic E-state index is 12.8. The van der Waals surface area contributed by atoms with Crippen LogP contribution >= 0.6 is 0 Å². The lowest BCUT2D eigenvalue weighted by Gasteiger charge is -2.27. The molecule has 13 heteroatoms. The Morgan fingerprint density at radius 2 is 1.51 bits per heavy atom. The zero-order valence-corrected chi connectivity index (χ0v) is 22.8. The van der Waals surface area contributed by atoms with E-state index in [9.17, 15) is 27.9 Å². The minimum atomic E-state index is -5.08. The summed E-state index contributed by atoms with van der Waals surface area (Å²) in [6, 6.07) is 21.8. The van der Waals surface area contributed by atoms with Gasteiger partial charge in [0.25, 0.3) is 5.91 Å². The minimum Gasteiger partial charge on any atom is -0.494 e. The number of carbonyl (C=O) groups excluding carboxylic acids is 2. The number of carboxylic acids is 1. The number of halogens is 3. The van der Waals surface area contributed by atoms with Crippen LogP contribution in [0.25, 0.3) is 10.9 Å². The lowest BCUT2D eigenvalue weighted by molar-refractivity contribution is -0.192. The van der Waals surface area contributed by atoms with E-state index >= 15 is 0 Å². The number of aromatic nitrogens is 1. The molecule has 0 atom stereocenters. The van der Waals surface area contributed by atoms with Crippen molar-refractivity contribution in [3.63, 3.8) is 0 Å². The van der Waals surface area contributed by atoms with Gasteiger partial charge in [0.05, 0.1) is 29.6 Å². The van der Waals surface area contributed by atoms with Crippen molar-refractivity contribution < 1.29 is 42.5 Å². The standard InChI is InChI=1S/C28H26N4O4.C2HF3O2/c1-36-28(35)20-9-12-22-23(17-20)31-26(33)24(22)25(18-5-3-2-4-6-18)30-21-10-7-19(8-11-21)27(34)32-15-13-29-14-16-32;3-2(4,5)1(6)7/h2-12,17,29,31,33H,13-16H2,1H3;(H,6,7). The van der Waals surface area contributed by atoms with E-state index in [-0.39, 0.29) is 11.8 Å². The molecule has 0 aliphatic carbocycles. The fourth-order valence-electron chi connectivity index (χ4n) is 4.39. The van der Waals surface area contributed by atoms with Crippen LogP contribution in [0.2, 0.25) is 0 Å². The van der Waals surface area contributed by atoms with Crippen molar-refractivity contribution in [1.29, 1.82) is 0 Å². The van der Waals surface area contributed by atoms with Crippen molar-refractivity contribution in [3.05, 3.63) is 95.1 Å². The molecule has 2 heterocycles. The summed E-state index contributed by atoms with van der Waals surface area (Å²) >= 11 is 0. The largest absolute Gasteiger partial charge is 0.494 e. The molecule has 1 aliphatic rings. The van der Waals surface area contributed by atoms with E-state index in [0.717, 1.165) is 18.7 Å². The van der Waals surface area contributed by atoms with Gasteiger partial charge in [-0.15, -0.1) is 0 Å². The van der Waals surface area contributed by atoms with E-state index in [1.807, 2.05) is 35.2 Å². The number of carbonyl (C=O) groups is 3. The molecule has 5 rings (SSSR count). The third-order valence-electron chi connectivity index (χ3n) is 6.49. The van der Waals surface area contributed by atoms with Gasteiger partial charge in [-0.2, -0.15) is 13.2 Å². The number of aromatic hydroxyl groups is 1. The number of hydrogen-bond acceptors (Lipinski definition) is 7. The number of rotatable bonds is 5. The molecule has 43 heavy (non-hydrogen) atoms. The molecule has 1 fully saturated rings. The Kier molecular flexibility index (Phi) is 9.46. The highest BCUT2D eigenvalue weighted by molar-refractivity contribution is 6.22. The number of amides is 1. The number of aliphatic imine (C=N–C) groups is 1. The Balaban J connectivity index is 0.000000541.